The first-order valence-electron chi connectivity index (χ1n) is 6.70. The highest BCUT2D eigenvalue weighted by Gasteiger charge is 2.02. The lowest BCUT2D eigenvalue weighted by molar-refractivity contribution is 0.416. The summed E-state index contributed by atoms with van der Waals surface area (Å²) >= 11 is 0. The number of ether oxygens (including phenoxy) is 2. The number of rotatable bonds is 5. The van der Waals surface area contributed by atoms with Crippen LogP contribution in [-0.4, -0.2) is 20.1 Å². The van der Waals surface area contributed by atoms with E-state index in [-0.39, 0.29) is 5.84 Å². The monoisotopic (exact) mass is 309 g/mol. The lowest BCUT2D eigenvalue weighted by Gasteiger charge is -2.06. The SMILES string of the molecule is COc1ccccc1N=N/C(C#N)=N\Nc1ccccc1OC. The first kappa shape index (κ1) is 16.0. The molecule has 2 aromatic rings. The Bertz CT molecular complexity index is 765. The highest BCUT2D eigenvalue weighted by molar-refractivity contribution is 5.97. The van der Waals surface area contributed by atoms with Crippen LogP contribution in [0.2, 0.25) is 0 Å². The number of methoxy groups -OCH3 is 2. The van der Waals surface area contributed by atoms with Crippen molar-refractivity contribution in [3.8, 4) is 17.6 Å². The molecule has 0 spiro atoms. The third kappa shape index (κ3) is 4.28. The third-order valence-corrected chi connectivity index (χ3v) is 2.83. The Morgan fingerprint density at radius 2 is 1.65 bits per heavy atom. The maximum absolute atomic E-state index is 9.10. The second kappa shape index (κ2) is 8.14. The van der Waals surface area contributed by atoms with Crippen molar-refractivity contribution in [2.45, 2.75) is 0 Å². The Kier molecular flexibility index (Phi) is 5.66. The van der Waals surface area contributed by atoms with Gasteiger partial charge in [0, 0.05) is 0 Å². The van der Waals surface area contributed by atoms with Crippen LogP contribution in [0.5, 0.6) is 11.5 Å². The molecule has 0 aliphatic rings. The summed E-state index contributed by atoms with van der Waals surface area (Å²) in [6.07, 6.45) is 0. The van der Waals surface area contributed by atoms with Gasteiger partial charge in [0.2, 0.25) is 0 Å². The van der Waals surface area contributed by atoms with Gasteiger partial charge in [-0.2, -0.15) is 5.26 Å². The fourth-order valence-electron chi connectivity index (χ4n) is 1.73. The minimum atomic E-state index is -0.123. The van der Waals surface area contributed by atoms with Crippen molar-refractivity contribution >= 4 is 17.2 Å². The molecule has 0 saturated carbocycles. The smallest absolute Gasteiger partial charge is 0.270 e. The Balaban J connectivity index is 2.16. The molecule has 2 rings (SSSR count). The van der Waals surface area contributed by atoms with Crippen LogP contribution in [0.25, 0.3) is 0 Å². The first-order chi connectivity index (χ1) is 11.3. The van der Waals surface area contributed by atoms with Gasteiger partial charge in [-0.1, -0.05) is 24.3 Å². The summed E-state index contributed by atoms with van der Waals surface area (Å²) in [5.74, 6) is 1.04. The lowest BCUT2D eigenvalue weighted by Crippen LogP contribution is -1.98. The van der Waals surface area contributed by atoms with Crippen molar-refractivity contribution < 1.29 is 9.47 Å². The molecule has 0 heterocycles. The standard InChI is InChI=1S/C16H15N5O2/c1-22-14-9-5-3-7-12(14)18-20-16(11-17)21-19-13-8-4-6-10-15(13)23-2/h3-10,18H,1-2H3/b20-16-,21-19?. The molecule has 0 fully saturated rings. The number of azo groups is 1. The number of hydrogen-bond donors (Lipinski definition) is 1. The van der Waals surface area contributed by atoms with Crippen molar-refractivity contribution in [1.82, 2.24) is 0 Å². The van der Waals surface area contributed by atoms with E-state index >= 15 is 0 Å². The van der Waals surface area contributed by atoms with Crippen LogP contribution >= 0.6 is 0 Å². The zero-order chi connectivity index (χ0) is 16.5. The molecule has 2 aromatic carbocycles. The van der Waals surface area contributed by atoms with Gasteiger partial charge in [0.25, 0.3) is 5.84 Å². The molecule has 0 amide bonds. The minimum Gasteiger partial charge on any atom is -0.495 e. The topological polar surface area (TPSA) is 91.4 Å². The molecule has 7 nitrogen and oxygen atoms in total. The van der Waals surface area contributed by atoms with Crippen LogP contribution in [0.1, 0.15) is 0 Å². The van der Waals surface area contributed by atoms with Crippen LogP contribution in [-0.2, 0) is 0 Å². The van der Waals surface area contributed by atoms with E-state index in [0.717, 1.165) is 0 Å². The molecule has 0 aliphatic heterocycles. The van der Waals surface area contributed by atoms with Crippen molar-refractivity contribution in [2.24, 2.45) is 15.3 Å². The van der Waals surface area contributed by atoms with Gasteiger partial charge in [0.15, 0.2) is 0 Å². The van der Waals surface area contributed by atoms with Crippen molar-refractivity contribution in [3.63, 3.8) is 0 Å². The summed E-state index contributed by atoms with van der Waals surface area (Å²) in [6, 6.07) is 16.2. The number of nitrogens with zero attached hydrogens (tertiary/aromatic N) is 4. The van der Waals surface area contributed by atoms with Crippen LogP contribution in [0.4, 0.5) is 11.4 Å². The molecule has 23 heavy (non-hydrogen) atoms. The summed E-state index contributed by atoms with van der Waals surface area (Å²) in [5, 5.41) is 20.8. The number of hydrogen-bond acceptors (Lipinski definition) is 6. The van der Waals surface area contributed by atoms with Crippen LogP contribution in [0, 0.1) is 11.3 Å². The van der Waals surface area contributed by atoms with Crippen LogP contribution in [0.15, 0.2) is 63.9 Å². The summed E-state index contributed by atoms with van der Waals surface area (Å²) in [7, 11) is 3.09. The molecule has 0 saturated heterocycles. The Morgan fingerprint density at radius 3 is 2.35 bits per heavy atom. The van der Waals surface area contributed by atoms with E-state index in [1.165, 1.54) is 7.11 Å². The van der Waals surface area contributed by atoms with Crippen molar-refractivity contribution in [3.05, 3.63) is 48.5 Å². The molecule has 1 N–H and O–H groups in total. The first-order valence-corrected chi connectivity index (χ1v) is 6.70. The zero-order valence-corrected chi connectivity index (χ0v) is 12.7. The van der Waals surface area contributed by atoms with E-state index in [9.17, 15) is 0 Å². The Labute approximate surface area is 133 Å². The molecule has 7 heteroatoms. The van der Waals surface area contributed by atoms with Crippen LogP contribution < -0.4 is 14.9 Å². The average Bonchev–Trinajstić information content (AvgIpc) is 2.62. The summed E-state index contributed by atoms with van der Waals surface area (Å²) in [5.41, 5.74) is 3.87. The molecule has 116 valence electrons. The fourth-order valence-corrected chi connectivity index (χ4v) is 1.73. The average molecular weight is 309 g/mol. The zero-order valence-electron chi connectivity index (χ0n) is 12.7. The second-order valence-corrected chi connectivity index (χ2v) is 4.23. The van der Waals surface area contributed by atoms with Crippen molar-refractivity contribution in [2.75, 3.05) is 19.6 Å². The summed E-state index contributed by atoms with van der Waals surface area (Å²) < 4.78 is 10.3. The molecule has 0 atom stereocenters. The molecule has 0 bridgehead atoms. The van der Waals surface area contributed by atoms with Crippen LogP contribution in [0.3, 0.4) is 0 Å². The normalized spacial score (nSPS) is 11.1. The fraction of sp³-hybridized carbons (Fsp3) is 0.125. The Morgan fingerprint density at radius 1 is 1.00 bits per heavy atom. The Hall–Kier alpha value is -3.40. The van der Waals surface area contributed by atoms with E-state index in [1.54, 1.807) is 37.4 Å². The second-order valence-electron chi connectivity index (χ2n) is 4.23. The summed E-state index contributed by atoms with van der Waals surface area (Å²) in [4.78, 5) is 0. The van der Waals surface area contributed by atoms with Gasteiger partial charge in [0.05, 0.1) is 19.9 Å². The van der Waals surface area contributed by atoms with E-state index in [2.05, 4.69) is 20.8 Å². The predicted octanol–water partition coefficient (Wildman–Crippen LogP) is 3.74. The third-order valence-electron chi connectivity index (χ3n) is 2.83. The predicted molar refractivity (Wildman–Crippen MR) is 87.2 cm³/mol. The number of benzene rings is 2. The molecule has 0 aromatic heterocycles. The molecular weight excluding hydrogens is 294 g/mol. The number of para-hydroxylation sites is 3. The van der Waals surface area contributed by atoms with Gasteiger partial charge in [-0.05, 0) is 24.3 Å². The van der Waals surface area contributed by atoms with Crippen molar-refractivity contribution in [1.29, 1.82) is 5.26 Å². The summed E-state index contributed by atoms with van der Waals surface area (Å²) in [6.45, 7) is 0. The molecule has 0 aliphatic carbocycles. The number of nitrogens with one attached hydrogen (secondary N) is 1. The molecule has 0 unspecified atom stereocenters. The highest BCUT2D eigenvalue weighted by atomic mass is 16.5. The number of amidine groups is 1. The van der Waals surface area contributed by atoms with E-state index in [0.29, 0.717) is 22.9 Å². The number of hydrazone groups is 1. The number of anilines is 1. The maximum Gasteiger partial charge on any atom is 0.270 e. The number of nitriles is 1. The van der Waals surface area contributed by atoms with E-state index < -0.39 is 0 Å². The van der Waals surface area contributed by atoms with Gasteiger partial charge in [0.1, 0.15) is 23.3 Å². The van der Waals surface area contributed by atoms with E-state index in [1.807, 2.05) is 24.3 Å². The van der Waals surface area contributed by atoms with Gasteiger partial charge < -0.3 is 9.47 Å². The minimum absolute atomic E-state index is 0.123. The van der Waals surface area contributed by atoms with Gasteiger partial charge in [-0.15, -0.1) is 15.3 Å². The molecule has 0 radical (unpaired) electrons. The maximum atomic E-state index is 9.10. The van der Waals surface area contributed by atoms with Gasteiger partial charge in [-0.25, -0.2) is 0 Å². The van der Waals surface area contributed by atoms with Gasteiger partial charge in [-0.3, -0.25) is 5.43 Å². The molecular formula is C16H15N5O2. The lowest BCUT2D eigenvalue weighted by atomic mass is 10.3. The highest BCUT2D eigenvalue weighted by Crippen LogP contribution is 2.26. The van der Waals surface area contributed by atoms with Gasteiger partial charge >= 0.3 is 0 Å². The quantitative estimate of drug-likeness (QED) is 0.394. The largest absolute Gasteiger partial charge is 0.495 e. The van der Waals surface area contributed by atoms with E-state index in [4.69, 9.17) is 14.7 Å².